The molecular formula is C34H56N2O2. The largest absolute Gasteiger partial charge is 0.302 e. The predicted octanol–water partition coefficient (Wildman–Crippen LogP) is 7.72. The summed E-state index contributed by atoms with van der Waals surface area (Å²) < 4.78 is 0. The number of unbranched alkanes of at least 4 members (excludes halogenated alkanes) is 5. The van der Waals surface area contributed by atoms with Crippen molar-refractivity contribution in [1.82, 2.24) is 9.80 Å². The van der Waals surface area contributed by atoms with Gasteiger partial charge in [0.15, 0.2) is 0 Å². The highest BCUT2D eigenvalue weighted by Crippen LogP contribution is 2.48. The van der Waals surface area contributed by atoms with Crippen LogP contribution in [0.3, 0.4) is 0 Å². The van der Waals surface area contributed by atoms with Gasteiger partial charge in [-0.2, -0.15) is 0 Å². The summed E-state index contributed by atoms with van der Waals surface area (Å²) in [5, 5.41) is 0. The van der Waals surface area contributed by atoms with Gasteiger partial charge in [0.05, 0.1) is 6.04 Å². The lowest BCUT2D eigenvalue weighted by Gasteiger charge is -2.51. The Morgan fingerprint density at radius 1 is 0.974 bits per heavy atom. The molecule has 0 aromatic heterocycles. The molecule has 38 heavy (non-hydrogen) atoms. The van der Waals surface area contributed by atoms with Crippen LogP contribution in [-0.2, 0) is 17.8 Å². The zero-order valence-electron chi connectivity index (χ0n) is 25.2. The monoisotopic (exact) mass is 524 g/mol. The molecule has 0 radical (unpaired) electrons. The van der Waals surface area contributed by atoms with E-state index in [0.717, 1.165) is 67.1 Å². The number of rotatable bonds is 17. The van der Waals surface area contributed by atoms with Crippen molar-refractivity contribution >= 4 is 12.6 Å². The van der Waals surface area contributed by atoms with Gasteiger partial charge in [-0.1, -0.05) is 64.2 Å². The summed E-state index contributed by atoms with van der Waals surface area (Å²) >= 11 is 0. The molecule has 0 spiro atoms. The Labute approximate surface area is 233 Å². The van der Waals surface area contributed by atoms with Gasteiger partial charge in [0.1, 0.15) is 12.6 Å². The third-order valence-electron chi connectivity index (χ3n) is 9.86. The maximum Gasteiger partial charge on any atom is 0.150 e. The van der Waals surface area contributed by atoms with Crippen molar-refractivity contribution in [3.8, 4) is 0 Å². The van der Waals surface area contributed by atoms with E-state index in [4.69, 9.17) is 0 Å². The molecule has 2 fully saturated rings. The predicted molar refractivity (Wildman–Crippen MR) is 160 cm³/mol. The van der Waals surface area contributed by atoms with E-state index in [9.17, 15) is 9.59 Å². The second kappa shape index (κ2) is 15.3. The number of carbonyl (C=O) groups is 2. The Bertz CT molecular complexity index is 850. The molecule has 2 bridgehead atoms. The molecule has 3 atom stereocenters. The molecule has 2 aliphatic carbocycles. The standard InChI is InChI=1S/C34H56N2O2/c1-6-14-32(26-38)35(4)24-33-30(16-13-17-31(33)25-37)15-11-9-7-8-10-12-18-36(5)34(3)22-28-19-27(2)20-29(21-28)23-34/h13,16-17,25-29,32H,6-12,14-15,18-24H2,1-5H3. The van der Waals surface area contributed by atoms with Crippen molar-refractivity contribution in [2.75, 3.05) is 20.6 Å². The fourth-order valence-corrected chi connectivity index (χ4v) is 7.76. The normalized spacial score (nSPS) is 26.0. The number of aldehydes is 2. The van der Waals surface area contributed by atoms with Crippen LogP contribution in [0, 0.1) is 17.8 Å². The van der Waals surface area contributed by atoms with Gasteiger partial charge in [-0.3, -0.25) is 9.69 Å². The van der Waals surface area contributed by atoms with Crippen LogP contribution < -0.4 is 0 Å². The van der Waals surface area contributed by atoms with Crippen LogP contribution in [0.5, 0.6) is 0 Å². The van der Waals surface area contributed by atoms with Crippen LogP contribution in [0.4, 0.5) is 0 Å². The first-order valence-electron chi connectivity index (χ1n) is 15.7. The number of aryl methyl sites for hydroxylation is 1. The Kier molecular flexibility index (Phi) is 12.5. The SMILES string of the molecule is CCCC(C=O)N(C)Cc1c(C=O)cccc1CCCCCCCCN(C)C1(C)CC2CC(C)CC(C2)C1. The summed E-state index contributed by atoms with van der Waals surface area (Å²) in [6, 6.07) is 5.99. The molecule has 3 rings (SSSR count). The Hall–Kier alpha value is -1.52. The number of carbonyl (C=O) groups excluding carboxylic acids is 2. The summed E-state index contributed by atoms with van der Waals surface area (Å²) in [7, 11) is 4.38. The van der Waals surface area contributed by atoms with E-state index in [0.29, 0.717) is 12.1 Å². The first-order valence-corrected chi connectivity index (χ1v) is 15.7. The Balaban J connectivity index is 1.36. The minimum atomic E-state index is -0.0874. The topological polar surface area (TPSA) is 40.6 Å². The first kappa shape index (κ1) is 31.0. The zero-order chi connectivity index (χ0) is 27.5. The van der Waals surface area contributed by atoms with Gasteiger partial charge in [-0.05, 0) is 114 Å². The van der Waals surface area contributed by atoms with Crippen LogP contribution in [-0.4, -0.2) is 54.6 Å². The molecule has 0 saturated heterocycles. The molecule has 4 nitrogen and oxygen atoms in total. The zero-order valence-corrected chi connectivity index (χ0v) is 25.2. The van der Waals surface area contributed by atoms with Crippen molar-refractivity contribution in [1.29, 1.82) is 0 Å². The summed E-state index contributed by atoms with van der Waals surface area (Å²) in [5.41, 5.74) is 3.55. The van der Waals surface area contributed by atoms with Gasteiger partial charge in [-0.15, -0.1) is 0 Å². The maximum absolute atomic E-state index is 11.7. The average Bonchev–Trinajstić information content (AvgIpc) is 2.88. The second-order valence-corrected chi connectivity index (χ2v) is 13.3. The molecule has 2 saturated carbocycles. The van der Waals surface area contributed by atoms with Crippen LogP contribution >= 0.6 is 0 Å². The third-order valence-corrected chi connectivity index (χ3v) is 9.86. The fourth-order valence-electron chi connectivity index (χ4n) is 7.76. The number of fused-ring (bicyclic) bond motifs is 2. The molecule has 214 valence electrons. The van der Waals surface area contributed by atoms with Crippen LogP contribution in [0.2, 0.25) is 0 Å². The van der Waals surface area contributed by atoms with Gasteiger partial charge < -0.3 is 9.69 Å². The number of hydrogen-bond acceptors (Lipinski definition) is 4. The van der Waals surface area contributed by atoms with Crippen LogP contribution in [0.15, 0.2) is 18.2 Å². The molecule has 1 aromatic rings. The summed E-state index contributed by atoms with van der Waals surface area (Å²) in [4.78, 5) is 28.1. The lowest BCUT2D eigenvalue weighted by Crippen LogP contribution is -2.51. The van der Waals surface area contributed by atoms with Crippen molar-refractivity contribution in [2.24, 2.45) is 17.8 Å². The van der Waals surface area contributed by atoms with Crippen molar-refractivity contribution in [3.05, 3.63) is 34.9 Å². The smallest absolute Gasteiger partial charge is 0.150 e. The second-order valence-electron chi connectivity index (χ2n) is 13.3. The molecule has 1 aromatic carbocycles. The van der Waals surface area contributed by atoms with E-state index >= 15 is 0 Å². The molecule has 2 aliphatic rings. The quantitative estimate of drug-likeness (QED) is 0.154. The molecule has 4 heteroatoms. The van der Waals surface area contributed by atoms with E-state index < -0.39 is 0 Å². The lowest BCUT2D eigenvalue weighted by molar-refractivity contribution is -0.112. The average molecular weight is 525 g/mol. The molecule has 3 unspecified atom stereocenters. The van der Waals surface area contributed by atoms with E-state index in [1.54, 1.807) is 0 Å². The van der Waals surface area contributed by atoms with Crippen molar-refractivity contribution in [2.45, 2.75) is 129 Å². The van der Waals surface area contributed by atoms with Crippen LogP contribution in [0.1, 0.15) is 126 Å². The molecule has 0 heterocycles. The lowest BCUT2D eigenvalue weighted by atomic mass is 9.62. The van der Waals surface area contributed by atoms with E-state index in [1.165, 1.54) is 76.3 Å². The minimum absolute atomic E-state index is 0.0874. The van der Waals surface area contributed by atoms with E-state index in [-0.39, 0.29) is 6.04 Å². The van der Waals surface area contributed by atoms with Gasteiger partial charge in [0.2, 0.25) is 0 Å². The molecule has 0 aliphatic heterocycles. The molecule has 0 N–H and O–H groups in total. The highest BCUT2D eigenvalue weighted by atomic mass is 16.1. The van der Waals surface area contributed by atoms with Crippen molar-refractivity contribution < 1.29 is 9.59 Å². The van der Waals surface area contributed by atoms with Gasteiger partial charge >= 0.3 is 0 Å². The minimum Gasteiger partial charge on any atom is -0.302 e. The van der Waals surface area contributed by atoms with Gasteiger partial charge in [0, 0.05) is 17.6 Å². The maximum atomic E-state index is 11.7. The van der Waals surface area contributed by atoms with Gasteiger partial charge in [0.25, 0.3) is 0 Å². The third kappa shape index (κ3) is 8.74. The van der Waals surface area contributed by atoms with E-state index in [2.05, 4.69) is 43.7 Å². The Morgan fingerprint density at radius 3 is 2.26 bits per heavy atom. The van der Waals surface area contributed by atoms with Crippen molar-refractivity contribution in [3.63, 3.8) is 0 Å². The summed E-state index contributed by atoms with van der Waals surface area (Å²) in [5.74, 6) is 2.86. The highest BCUT2D eigenvalue weighted by molar-refractivity contribution is 5.78. The molecule has 0 amide bonds. The number of likely N-dealkylation sites (N-methyl/N-ethyl adjacent to an activating group) is 1. The Morgan fingerprint density at radius 2 is 1.63 bits per heavy atom. The summed E-state index contributed by atoms with van der Waals surface area (Å²) in [6.45, 7) is 9.00. The van der Waals surface area contributed by atoms with E-state index in [1.807, 2.05) is 19.2 Å². The highest BCUT2D eigenvalue weighted by Gasteiger charge is 2.42. The fraction of sp³-hybridized carbons (Fsp3) is 0.765. The molecular weight excluding hydrogens is 468 g/mol. The van der Waals surface area contributed by atoms with Gasteiger partial charge in [-0.25, -0.2) is 0 Å². The first-order chi connectivity index (χ1) is 18.3. The number of benzene rings is 1. The van der Waals surface area contributed by atoms with Crippen LogP contribution in [0.25, 0.3) is 0 Å². The number of hydrogen-bond donors (Lipinski definition) is 0. The summed E-state index contributed by atoms with van der Waals surface area (Å²) in [6.07, 6.45) is 19.7. The number of nitrogens with zero attached hydrogens (tertiary/aromatic N) is 2.